The van der Waals surface area contributed by atoms with E-state index in [2.05, 4.69) is 24.3 Å². The van der Waals surface area contributed by atoms with Crippen LogP contribution in [-0.4, -0.2) is 63.7 Å². The van der Waals surface area contributed by atoms with E-state index < -0.39 is 41.3 Å². The van der Waals surface area contributed by atoms with Gasteiger partial charge in [0.15, 0.2) is 11.3 Å². The number of rotatable bonds is 4. The van der Waals surface area contributed by atoms with E-state index in [4.69, 9.17) is 15.6 Å². The van der Waals surface area contributed by atoms with Crippen LogP contribution in [0.3, 0.4) is 0 Å². The third-order valence-electron chi connectivity index (χ3n) is 3.44. The summed E-state index contributed by atoms with van der Waals surface area (Å²) in [6.07, 6.45) is -3.66. The number of aromatic amines is 1. The predicted octanol–water partition coefficient (Wildman–Crippen LogP) is -2.68. The second-order valence-corrected chi connectivity index (χ2v) is 6.17. The van der Waals surface area contributed by atoms with Crippen LogP contribution in [0.15, 0.2) is 6.33 Å². The molecular weight excluding hydrogens is 332 g/mol. The molecule has 0 spiro atoms. The SMILES string of the molecule is Nc1ncnc2c([C@@H]3O[C@H](COS(N)(=O)=O)[C@@H](O)[C@H]3O)[nH]nc12. The molecule has 1 fully saturated rings. The molecule has 7 N–H and O–H groups in total. The molecule has 3 heterocycles. The van der Waals surface area contributed by atoms with E-state index in [1.807, 2.05) is 0 Å². The van der Waals surface area contributed by atoms with E-state index in [9.17, 15) is 18.6 Å². The standard InChI is InChI=1S/C10H14N6O6S/c11-10-6-4(13-2-14-10)5(15-16-6)9-8(18)7(17)3(22-9)1-21-23(12,19)20/h2-3,7-9,17-18H,1H2,(H,15,16)(H2,11,13,14)(H2,12,19,20)/t3-,7-,8-,9+/m1/s1. The Bertz CT molecular complexity index is 824. The number of fused-ring (bicyclic) bond motifs is 1. The van der Waals surface area contributed by atoms with E-state index in [1.54, 1.807) is 0 Å². The van der Waals surface area contributed by atoms with Gasteiger partial charge >= 0.3 is 10.3 Å². The van der Waals surface area contributed by atoms with Crippen LogP contribution in [0.1, 0.15) is 11.8 Å². The number of hydrogen-bond donors (Lipinski definition) is 5. The highest BCUT2D eigenvalue weighted by atomic mass is 32.2. The Kier molecular flexibility index (Phi) is 3.91. The number of aliphatic hydroxyl groups excluding tert-OH is 2. The lowest BCUT2D eigenvalue weighted by Gasteiger charge is -2.13. The van der Waals surface area contributed by atoms with Crippen LogP contribution in [0.4, 0.5) is 5.82 Å². The lowest BCUT2D eigenvalue weighted by molar-refractivity contribution is -0.0166. The number of nitrogen functional groups attached to an aromatic ring is 1. The molecule has 0 aliphatic carbocycles. The molecule has 23 heavy (non-hydrogen) atoms. The van der Waals surface area contributed by atoms with Crippen molar-refractivity contribution in [2.24, 2.45) is 5.14 Å². The summed E-state index contributed by atoms with van der Waals surface area (Å²) in [6, 6.07) is 0. The Labute approximate surface area is 129 Å². The number of anilines is 1. The van der Waals surface area contributed by atoms with Crippen molar-refractivity contribution in [3.8, 4) is 0 Å². The van der Waals surface area contributed by atoms with Crippen LogP contribution in [-0.2, 0) is 19.2 Å². The number of aromatic nitrogens is 4. The van der Waals surface area contributed by atoms with E-state index in [0.717, 1.165) is 0 Å². The number of nitrogens with one attached hydrogen (secondary N) is 1. The summed E-state index contributed by atoms with van der Waals surface area (Å²) >= 11 is 0. The van der Waals surface area contributed by atoms with Gasteiger partial charge in [-0.15, -0.1) is 0 Å². The highest BCUT2D eigenvalue weighted by Gasteiger charge is 2.45. The molecule has 12 nitrogen and oxygen atoms in total. The minimum Gasteiger partial charge on any atom is -0.387 e. The van der Waals surface area contributed by atoms with Crippen LogP contribution >= 0.6 is 0 Å². The largest absolute Gasteiger partial charge is 0.387 e. The third-order valence-corrected chi connectivity index (χ3v) is 3.90. The summed E-state index contributed by atoms with van der Waals surface area (Å²) in [5.74, 6) is 0.139. The maximum absolute atomic E-state index is 10.8. The molecule has 0 bridgehead atoms. The van der Waals surface area contributed by atoms with Gasteiger partial charge in [0, 0.05) is 0 Å². The molecule has 2 aromatic rings. The zero-order valence-corrected chi connectivity index (χ0v) is 12.3. The first kappa shape index (κ1) is 16.0. The number of ether oxygens (including phenoxy) is 1. The quantitative estimate of drug-likeness (QED) is 0.388. The topological polar surface area (TPSA) is 200 Å². The van der Waals surface area contributed by atoms with Crippen molar-refractivity contribution < 1.29 is 27.6 Å². The Morgan fingerprint density at radius 2 is 2.04 bits per heavy atom. The van der Waals surface area contributed by atoms with Gasteiger partial charge in [-0.3, -0.25) is 9.28 Å². The summed E-state index contributed by atoms with van der Waals surface area (Å²) in [5.41, 5.74) is 6.55. The van der Waals surface area contributed by atoms with Crippen molar-refractivity contribution in [1.82, 2.24) is 20.2 Å². The number of hydrogen-bond acceptors (Lipinski definition) is 10. The molecule has 3 rings (SSSR count). The smallest absolute Gasteiger partial charge is 0.333 e. The Hall–Kier alpha value is -1.90. The maximum Gasteiger partial charge on any atom is 0.333 e. The first-order valence-corrected chi connectivity index (χ1v) is 7.88. The molecule has 0 radical (unpaired) electrons. The van der Waals surface area contributed by atoms with Crippen molar-refractivity contribution in [1.29, 1.82) is 0 Å². The van der Waals surface area contributed by atoms with Crippen LogP contribution in [0.2, 0.25) is 0 Å². The lowest BCUT2D eigenvalue weighted by Crippen LogP contribution is -2.34. The van der Waals surface area contributed by atoms with E-state index >= 15 is 0 Å². The molecule has 2 aromatic heterocycles. The van der Waals surface area contributed by atoms with E-state index in [0.29, 0.717) is 5.52 Å². The molecule has 0 unspecified atom stereocenters. The predicted molar refractivity (Wildman–Crippen MR) is 74.8 cm³/mol. The minimum atomic E-state index is -4.19. The van der Waals surface area contributed by atoms with Gasteiger partial charge in [0.1, 0.15) is 36.3 Å². The summed E-state index contributed by atoms with van der Waals surface area (Å²) < 4.78 is 31.5. The highest BCUT2D eigenvalue weighted by molar-refractivity contribution is 7.84. The second kappa shape index (κ2) is 5.63. The van der Waals surface area contributed by atoms with Gasteiger partial charge in [0.2, 0.25) is 0 Å². The first-order valence-electron chi connectivity index (χ1n) is 6.41. The van der Waals surface area contributed by atoms with Crippen molar-refractivity contribution in [2.75, 3.05) is 12.3 Å². The van der Waals surface area contributed by atoms with E-state index in [1.165, 1.54) is 6.33 Å². The zero-order valence-electron chi connectivity index (χ0n) is 11.5. The molecule has 0 aromatic carbocycles. The van der Waals surface area contributed by atoms with Crippen molar-refractivity contribution >= 4 is 27.2 Å². The fourth-order valence-corrected chi connectivity index (χ4v) is 2.68. The summed E-state index contributed by atoms with van der Waals surface area (Å²) in [4.78, 5) is 7.80. The molecular formula is C10H14N6O6S. The van der Waals surface area contributed by atoms with Crippen molar-refractivity contribution in [3.05, 3.63) is 12.0 Å². The van der Waals surface area contributed by atoms with Crippen LogP contribution in [0.5, 0.6) is 0 Å². The molecule has 1 aliphatic rings. The van der Waals surface area contributed by atoms with Gasteiger partial charge < -0.3 is 20.7 Å². The summed E-state index contributed by atoms with van der Waals surface area (Å²) in [7, 11) is -4.19. The second-order valence-electron chi connectivity index (χ2n) is 4.95. The highest BCUT2D eigenvalue weighted by Crippen LogP contribution is 2.35. The summed E-state index contributed by atoms with van der Waals surface area (Å²) in [5, 5.41) is 31.4. The van der Waals surface area contributed by atoms with Crippen molar-refractivity contribution in [3.63, 3.8) is 0 Å². The molecule has 13 heteroatoms. The number of nitrogens with zero attached hydrogens (tertiary/aromatic N) is 3. The van der Waals surface area contributed by atoms with Crippen LogP contribution in [0.25, 0.3) is 11.0 Å². The maximum atomic E-state index is 10.8. The normalized spacial score (nSPS) is 28.5. The Balaban J connectivity index is 1.86. The molecule has 126 valence electrons. The van der Waals surface area contributed by atoms with Gasteiger partial charge in [0.25, 0.3) is 0 Å². The van der Waals surface area contributed by atoms with Crippen LogP contribution < -0.4 is 10.9 Å². The van der Waals surface area contributed by atoms with Crippen LogP contribution in [0, 0.1) is 0 Å². The van der Waals surface area contributed by atoms with Gasteiger partial charge in [-0.25, -0.2) is 15.1 Å². The Morgan fingerprint density at radius 1 is 1.30 bits per heavy atom. The molecule has 1 saturated heterocycles. The number of H-pyrrole nitrogens is 1. The van der Waals surface area contributed by atoms with Gasteiger partial charge in [-0.2, -0.15) is 13.5 Å². The lowest BCUT2D eigenvalue weighted by atomic mass is 10.1. The Morgan fingerprint density at radius 3 is 2.74 bits per heavy atom. The monoisotopic (exact) mass is 346 g/mol. The first-order chi connectivity index (χ1) is 10.8. The molecule has 4 atom stereocenters. The van der Waals surface area contributed by atoms with Gasteiger partial charge in [-0.1, -0.05) is 0 Å². The molecule has 0 saturated carbocycles. The summed E-state index contributed by atoms with van der Waals surface area (Å²) in [6.45, 7) is -0.545. The third kappa shape index (κ3) is 2.97. The number of nitrogens with two attached hydrogens (primary N) is 2. The van der Waals surface area contributed by atoms with Gasteiger partial charge in [0.05, 0.1) is 12.3 Å². The fourth-order valence-electron chi connectivity index (χ4n) is 2.35. The van der Waals surface area contributed by atoms with E-state index in [-0.39, 0.29) is 17.0 Å². The van der Waals surface area contributed by atoms with Gasteiger partial charge in [-0.05, 0) is 0 Å². The average Bonchev–Trinajstić information content (AvgIpc) is 3.01. The number of aliphatic hydroxyl groups is 2. The molecule has 1 aliphatic heterocycles. The average molecular weight is 346 g/mol. The zero-order chi connectivity index (χ0) is 16.8. The fraction of sp³-hybridized carbons (Fsp3) is 0.500. The molecule has 0 amide bonds. The van der Waals surface area contributed by atoms with Crippen molar-refractivity contribution in [2.45, 2.75) is 24.4 Å². The minimum absolute atomic E-state index is 0.139.